The normalized spacial score (nSPS) is 12.2. The molecule has 1 rings (SSSR count). The number of carbonyl (C=O) groups excluding carboxylic acids is 1. The summed E-state index contributed by atoms with van der Waals surface area (Å²) >= 11 is 0. The van der Waals surface area contributed by atoms with Crippen LogP contribution in [0, 0.1) is 0 Å². The molecule has 6 nitrogen and oxygen atoms in total. The van der Waals surface area contributed by atoms with Crippen molar-refractivity contribution >= 4 is 11.6 Å². The molecule has 0 aliphatic carbocycles. The molecule has 0 fully saturated rings. The second-order valence-corrected chi connectivity index (χ2v) is 4.53. The zero-order valence-electron chi connectivity index (χ0n) is 12.0. The Morgan fingerprint density at radius 3 is 2.65 bits per heavy atom. The largest absolute Gasteiger partial charge is 0.491 e. The smallest absolute Gasteiger partial charge is 0.233 e. The highest BCUT2D eigenvalue weighted by atomic mass is 16.5. The number of nitrogens with zero attached hydrogens (tertiary/aromatic N) is 1. The quantitative estimate of drug-likeness (QED) is 0.587. The fraction of sp³-hybridized carbons (Fsp3) is 0.500. The maximum atomic E-state index is 11.3. The summed E-state index contributed by atoms with van der Waals surface area (Å²) in [7, 11) is 1.59. The Morgan fingerprint density at radius 1 is 1.45 bits per heavy atom. The lowest BCUT2D eigenvalue weighted by Gasteiger charge is -2.22. The van der Waals surface area contributed by atoms with Crippen LogP contribution < -0.4 is 15.8 Å². The number of hydrogen-bond acceptors (Lipinski definition) is 5. The average molecular weight is 281 g/mol. The van der Waals surface area contributed by atoms with E-state index in [2.05, 4.69) is 5.32 Å². The molecule has 0 saturated carbocycles. The standard InChI is InChI=1S/C14H23N3O3/c1-3-17(9-14(19)16-2)8-12(18)10-20-13-6-4-11(15)5-7-13/h4-7,12,18H,3,8-10,15H2,1-2H3,(H,16,19). The Kier molecular flexibility index (Phi) is 6.83. The molecule has 1 aromatic carbocycles. The van der Waals surface area contributed by atoms with E-state index in [0.29, 0.717) is 24.5 Å². The molecule has 1 aromatic rings. The van der Waals surface area contributed by atoms with Crippen LogP contribution in [0.15, 0.2) is 24.3 Å². The number of ether oxygens (including phenoxy) is 1. The first-order chi connectivity index (χ1) is 9.55. The Bertz CT molecular complexity index is 409. The second kappa shape index (κ2) is 8.39. The first-order valence-electron chi connectivity index (χ1n) is 6.64. The SMILES string of the molecule is CCN(CC(=O)NC)CC(O)COc1ccc(N)cc1. The highest BCUT2D eigenvalue weighted by Crippen LogP contribution is 2.13. The first-order valence-corrected chi connectivity index (χ1v) is 6.64. The Balaban J connectivity index is 2.36. The number of nitrogens with two attached hydrogens (primary N) is 1. The van der Waals surface area contributed by atoms with Crippen molar-refractivity contribution in [2.45, 2.75) is 13.0 Å². The van der Waals surface area contributed by atoms with Crippen molar-refractivity contribution in [2.24, 2.45) is 0 Å². The average Bonchev–Trinajstić information content (AvgIpc) is 2.45. The highest BCUT2D eigenvalue weighted by Gasteiger charge is 2.13. The number of likely N-dealkylation sites (N-methyl/N-ethyl adjacent to an activating group) is 2. The van der Waals surface area contributed by atoms with Crippen LogP contribution in [0.4, 0.5) is 5.69 Å². The van der Waals surface area contributed by atoms with E-state index in [1.807, 2.05) is 11.8 Å². The van der Waals surface area contributed by atoms with Crippen molar-refractivity contribution in [1.82, 2.24) is 10.2 Å². The predicted octanol–water partition coefficient (Wildman–Crippen LogP) is 0.0764. The van der Waals surface area contributed by atoms with Crippen molar-refractivity contribution in [2.75, 3.05) is 39.0 Å². The van der Waals surface area contributed by atoms with Crippen LogP contribution >= 0.6 is 0 Å². The zero-order valence-corrected chi connectivity index (χ0v) is 12.0. The van der Waals surface area contributed by atoms with Gasteiger partial charge in [-0.3, -0.25) is 9.69 Å². The molecule has 0 bridgehead atoms. The van der Waals surface area contributed by atoms with Gasteiger partial charge in [0, 0.05) is 19.3 Å². The van der Waals surface area contributed by atoms with Gasteiger partial charge in [-0.25, -0.2) is 0 Å². The lowest BCUT2D eigenvalue weighted by molar-refractivity contribution is -0.122. The van der Waals surface area contributed by atoms with Crippen molar-refractivity contribution < 1.29 is 14.6 Å². The molecule has 4 N–H and O–H groups in total. The topological polar surface area (TPSA) is 87.8 Å². The fourth-order valence-electron chi connectivity index (χ4n) is 1.69. The first kappa shape index (κ1) is 16.3. The number of hydrogen-bond donors (Lipinski definition) is 3. The van der Waals surface area contributed by atoms with Crippen LogP contribution in [0.1, 0.15) is 6.92 Å². The van der Waals surface area contributed by atoms with E-state index in [0.717, 1.165) is 0 Å². The number of benzene rings is 1. The molecule has 0 heterocycles. The van der Waals surface area contributed by atoms with Crippen molar-refractivity contribution in [3.63, 3.8) is 0 Å². The molecule has 1 unspecified atom stereocenters. The summed E-state index contributed by atoms with van der Waals surface area (Å²) in [4.78, 5) is 13.2. The van der Waals surface area contributed by atoms with E-state index in [-0.39, 0.29) is 19.1 Å². The van der Waals surface area contributed by atoms with Crippen LogP contribution in [0.3, 0.4) is 0 Å². The van der Waals surface area contributed by atoms with Crippen LogP contribution in [-0.4, -0.2) is 55.3 Å². The molecular formula is C14H23N3O3. The summed E-state index contributed by atoms with van der Waals surface area (Å²) < 4.78 is 5.47. The summed E-state index contributed by atoms with van der Waals surface area (Å²) in [5.74, 6) is 0.589. The Hall–Kier alpha value is -1.79. The third-order valence-electron chi connectivity index (χ3n) is 2.88. The number of rotatable bonds is 8. The minimum Gasteiger partial charge on any atom is -0.491 e. The van der Waals surface area contributed by atoms with Gasteiger partial charge in [0.25, 0.3) is 0 Å². The molecule has 20 heavy (non-hydrogen) atoms. The molecule has 0 aromatic heterocycles. The fourth-order valence-corrected chi connectivity index (χ4v) is 1.69. The number of aliphatic hydroxyl groups is 1. The molecular weight excluding hydrogens is 258 g/mol. The van der Waals surface area contributed by atoms with E-state index in [9.17, 15) is 9.90 Å². The number of aliphatic hydroxyl groups excluding tert-OH is 1. The molecule has 6 heteroatoms. The van der Waals surface area contributed by atoms with Crippen LogP contribution in [-0.2, 0) is 4.79 Å². The molecule has 1 atom stereocenters. The minimum atomic E-state index is -0.655. The van der Waals surface area contributed by atoms with Crippen molar-refractivity contribution in [3.05, 3.63) is 24.3 Å². The van der Waals surface area contributed by atoms with Gasteiger partial charge in [-0.1, -0.05) is 6.92 Å². The highest BCUT2D eigenvalue weighted by molar-refractivity contribution is 5.77. The molecule has 1 amide bonds. The molecule has 0 spiro atoms. The number of carbonyl (C=O) groups is 1. The molecule has 0 aliphatic rings. The number of nitrogen functional groups attached to an aromatic ring is 1. The Morgan fingerprint density at radius 2 is 2.10 bits per heavy atom. The molecule has 0 aliphatic heterocycles. The van der Waals surface area contributed by atoms with E-state index in [4.69, 9.17) is 10.5 Å². The van der Waals surface area contributed by atoms with Gasteiger partial charge in [-0.2, -0.15) is 0 Å². The van der Waals surface area contributed by atoms with Gasteiger partial charge in [0.15, 0.2) is 0 Å². The van der Waals surface area contributed by atoms with Gasteiger partial charge in [0.05, 0.1) is 6.54 Å². The van der Waals surface area contributed by atoms with Gasteiger partial charge >= 0.3 is 0 Å². The van der Waals surface area contributed by atoms with Gasteiger partial charge in [0.1, 0.15) is 18.5 Å². The van der Waals surface area contributed by atoms with E-state index in [1.165, 1.54) is 0 Å². The van der Waals surface area contributed by atoms with Crippen molar-refractivity contribution in [1.29, 1.82) is 0 Å². The van der Waals surface area contributed by atoms with Gasteiger partial charge in [0.2, 0.25) is 5.91 Å². The number of nitrogens with one attached hydrogen (secondary N) is 1. The lowest BCUT2D eigenvalue weighted by Crippen LogP contribution is -2.41. The summed E-state index contributed by atoms with van der Waals surface area (Å²) in [6, 6.07) is 6.99. The molecule has 0 radical (unpaired) electrons. The number of amides is 1. The summed E-state index contributed by atoms with van der Waals surface area (Å²) in [5, 5.41) is 12.5. The second-order valence-electron chi connectivity index (χ2n) is 4.53. The summed E-state index contributed by atoms with van der Waals surface area (Å²) in [6.45, 7) is 3.46. The lowest BCUT2D eigenvalue weighted by atomic mass is 10.3. The van der Waals surface area contributed by atoms with Gasteiger partial charge in [-0.15, -0.1) is 0 Å². The maximum absolute atomic E-state index is 11.3. The zero-order chi connectivity index (χ0) is 15.0. The monoisotopic (exact) mass is 281 g/mol. The summed E-state index contributed by atoms with van der Waals surface area (Å²) in [6.07, 6.45) is -0.655. The predicted molar refractivity (Wildman–Crippen MR) is 78.5 cm³/mol. The minimum absolute atomic E-state index is 0.0708. The van der Waals surface area contributed by atoms with Crippen LogP contribution in [0.25, 0.3) is 0 Å². The Labute approximate surface area is 119 Å². The van der Waals surface area contributed by atoms with E-state index < -0.39 is 6.10 Å². The van der Waals surface area contributed by atoms with E-state index in [1.54, 1.807) is 31.3 Å². The molecule has 112 valence electrons. The van der Waals surface area contributed by atoms with Crippen molar-refractivity contribution in [3.8, 4) is 5.75 Å². The van der Waals surface area contributed by atoms with Gasteiger partial charge in [-0.05, 0) is 30.8 Å². The van der Waals surface area contributed by atoms with Crippen LogP contribution in [0.2, 0.25) is 0 Å². The molecule has 0 saturated heterocycles. The van der Waals surface area contributed by atoms with Crippen LogP contribution in [0.5, 0.6) is 5.75 Å². The third-order valence-corrected chi connectivity index (χ3v) is 2.88. The third kappa shape index (κ3) is 5.90. The summed E-state index contributed by atoms with van der Waals surface area (Å²) in [5.41, 5.74) is 6.24. The maximum Gasteiger partial charge on any atom is 0.233 e. The van der Waals surface area contributed by atoms with Gasteiger partial charge < -0.3 is 20.9 Å². The number of anilines is 1. The van der Waals surface area contributed by atoms with E-state index >= 15 is 0 Å².